The Hall–Kier alpha value is -7.99. The molecule has 0 radical (unpaired) electrons. The highest BCUT2D eigenvalue weighted by molar-refractivity contribution is 7.25. The molecule has 3 heterocycles. The molecule has 0 aliphatic carbocycles. The summed E-state index contributed by atoms with van der Waals surface area (Å²) in [5, 5.41) is 12.2. The Morgan fingerprint density at radius 1 is 0.290 bits per heavy atom. The lowest BCUT2D eigenvalue weighted by molar-refractivity contribution is 0.669. The van der Waals surface area contributed by atoms with Gasteiger partial charge in [0.1, 0.15) is 11.2 Å². The van der Waals surface area contributed by atoms with Crippen LogP contribution in [0.15, 0.2) is 205 Å². The van der Waals surface area contributed by atoms with E-state index in [2.05, 4.69) is 182 Å². The van der Waals surface area contributed by atoms with E-state index in [4.69, 9.17) is 19.4 Å². The zero-order valence-corrected chi connectivity index (χ0v) is 34.0. The first-order valence-electron chi connectivity index (χ1n) is 20.8. The molecule has 10 aromatic carbocycles. The number of rotatable bonds is 5. The van der Waals surface area contributed by atoms with Crippen LogP contribution in [0.5, 0.6) is 0 Å². The minimum absolute atomic E-state index is 0.629. The van der Waals surface area contributed by atoms with E-state index in [1.807, 2.05) is 18.2 Å². The first-order chi connectivity index (χ1) is 30.7. The number of aromatic nitrogens is 3. The van der Waals surface area contributed by atoms with Crippen LogP contribution in [0.1, 0.15) is 0 Å². The zero-order chi connectivity index (χ0) is 40.7. The van der Waals surface area contributed by atoms with Crippen molar-refractivity contribution in [2.24, 2.45) is 0 Å². The standard InChI is InChI=1S/C57H33N3OS/c1-2-12-35(13-3-1)55-58-56(60-57(59-55)46-20-11-23-52-54(46)45-18-8-9-22-51(45)62-52)36-26-24-34(25-27-36)39-19-10-21-50-53(39)48-33-38(29-31-49(48)61-50)37-28-30-44-42-16-5-4-14-40(42)41-15-6-7-17-43(41)47(44)32-37/h1-33H. The van der Waals surface area contributed by atoms with Crippen LogP contribution < -0.4 is 0 Å². The highest BCUT2D eigenvalue weighted by Crippen LogP contribution is 2.42. The van der Waals surface area contributed by atoms with Crippen molar-refractivity contribution in [2.45, 2.75) is 0 Å². The topological polar surface area (TPSA) is 51.8 Å². The van der Waals surface area contributed by atoms with Gasteiger partial charge in [0.05, 0.1) is 0 Å². The van der Waals surface area contributed by atoms with Crippen LogP contribution in [0.25, 0.3) is 131 Å². The fourth-order valence-corrected chi connectivity index (χ4v) is 10.6. The van der Waals surface area contributed by atoms with Crippen LogP contribution in [0.2, 0.25) is 0 Å². The number of hydrogen-bond acceptors (Lipinski definition) is 5. The highest BCUT2D eigenvalue weighted by atomic mass is 32.1. The largest absolute Gasteiger partial charge is 0.456 e. The maximum Gasteiger partial charge on any atom is 0.164 e. The first-order valence-corrected chi connectivity index (χ1v) is 21.7. The molecule has 5 heteroatoms. The Balaban J connectivity index is 0.924. The number of furan rings is 1. The second kappa shape index (κ2) is 13.8. The number of thiophene rings is 1. The second-order valence-corrected chi connectivity index (χ2v) is 17.0. The summed E-state index contributed by atoms with van der Waals surface area (Å²) < 4.78 is 8.97. The van der Waals surface area contributed by atoms with Crippen LogP contribution in [-0.2, 0) is 0 Å². The molecular formula is C57H33N3OS. The Morgan fingerprint density at radius 2 is 0.806 bits per heavy atom. The molecule has 0 saturated heterocycles. The van der Waals surface area contributed by atoms with Crippen LogP contribution in [0.4, 0.5) is 0 Å². The number of benzene rings is 10. The van der Waals surface area contributed by atoms with E-state index in [0.717, 1.165) is 55.3 Å². The average molecular weight is 808 g/mol. The maximum atomic E-state index is 6.51. The smallest absolute Gasteiger partial charge is 0.164 e. The third-order valence-corrected chi connectivity index (χ3v) is 13.5. The lowest BCUT2D eigenvalue weighted by Gasteiger charge is -2.12. The Morgan fingerprint density at radius 3 is 1.55 bits per heavy atom. The van der Waals surface area contributed by atoms with Gasteiger partial charge >= 0.3 is 0 Å². The molecule has 0 atom stereocenters. The summed E-state index contributed by atoms with van der Waals surface area (Å²) in [7, 11) is 0. The zero-order valence-electron chi connectivity index (χ0n) is 33.2. The molecule has 13 rings (SSSR count). The third-order valence-electron chi connectivity index (χ3n) is 12.3. The van der Waals surface area contributed by atoms with Gasteiger partial charge in [0.25, 0.3) is 0 Å². The summed E-state index contributed by atoms with van der Waals surface area (Å²) in [4.78, 5) is 15.3. The van der Waals surface area contributed by atoms with Crippen molar-refractivity contribution in [3.8, 4) is 56.4 Å². The maximum absolute atomic E-state index is 6.51. The molecule has 13 aromatic rings. The van der Waals surface area contributed by atoms with Gasteiger partial charge in [-0.1, -0.05) is 164 Å². The summed E-state index contributed by atoms with van der Waals surface area (Å²) in [6.45, 7) is 0. The van der Waals surface area contributed by atoms with Gasteiger partial charge in [0.15, 0.2) is 17.5 Å². The van der Waals surface area contributed by atoms with Gasteiger partial charge in [0, 0.05) is 47.6 Å². The highest BCUT2D eigenvalue weighted by Gasteiger charge is 2.19. The molecule has 0 aliphatic heterocycles. The monoisotopic (exact) mass is 807 g/mol. The van der Waals surface area contributed by atoms with Gasteiger partial charge in [-0.15, -0.1) is 11.3 Å². The SMILES string of the molecule is c1ccc(-c2nc(-c3ccc(-c4cccc5oc6ccc(-c7ccc8c9ccccc9c9ccccc9c8c7)cc6c45)cc3)nc(-c3cccc4sc5ccccc5c34)n2)cc1. The summed E-state index contributed by atoms with van der Waals surface area (Å²) >= 11 is 1.80. The van der Waals surface area contributed by atoms with E-state index >= 15 is 0 Å². The number of fused-ring (bicyclic) bond motifs is 12. The molecule has 0 saturated carbocycles. The molecule has 62 heavy (non-hydrogen) atoms. The Kier molecular flexibility index (Phi) is 7.74. The lowest BCUT2D eigenvalue weighted by Crippen LogP contribution is -2.00. The van der Waals surface area contributed by atoms with Crippen molar-refractivity contribution >= 4 is 85.8 Å². The van der Waals surface area contributed by atoms with Gasteiger partial charge in [-0.2, -0.15) is 0 Å². The first kappa shape index (κ1) is 34.8. The molecule has 0 unspecified atom stereocenters. The average Bonchev–Trinajstić information content (AvgIpc) is 3.93. The fourth-order valence-electron chi connectivity index (χ4n) is 9.44. The number of nitrogens with zero attached hydrogens (tertiary/aromatic N) is 3. The van der Waals surface area contributed by atoms with Crippen molar-refractivity contribution in [1.82, 2.24) is 15.0 Å². The molecule has 0 N–H and O–H groups in total. The summed E-state index contributed by atoms with van der Waals surface area (Å²) in [6.07, 6.45) is 0. The van der Waals surface area contributed by atoms with E-state index < -0.39 is 0 Å². The van der Waals surface area contributed by atoms with Crippen LogP contribution >= 0.6 is 11.3 Å². The van der Waals surface area contributed by atoms with Gasteiger partial charge in [-0.05, 0) is 91.0 Å². The fraction of sp³-hybridized carbons (Fsp3) is 0. The Labute approximate surface area is 360 Å². The summed E-state index contributed by atoms with van der Waals surface area (Å²) in [6, 6.07) is 71.0. The number of hydrogen-bond donors (Lipinski definition) is 0. The van der Waals surface area contributed by atoms with Crippen LogP contribution in [0.3, 0.4) is 0 Å². The molecule has 0 bridgehead atoms. The molecule has 0 spiro atoms. The molecular weight excluding hydrogens is 775 g/mol. The van der Waals surface area contributed by atoms with E-state index in [9.17, 15) is 0 Å². The van der Waals surface area contributed by atoms with Crippen molar-refractivity contribution in [3.05, 3.63) is 200 Å². The van der Waals surface area contributed by atoms with E-state index in [0.29, 0.717) is 17.5 Å². The van der Waals surface area contributed by atoms with Crippen molar-refractivity contribution in [3.63, 3.8) is 0 Å². The van der Waals surface area contributed by atoms with Gasteiger partial charge in [-0.3, -0.25) is 0 Å². The predicted molar refractivity (Wildman–Crippen MR) is 260 cm³/mol. The molecule has 0 amide bonds. The van der Waals surface area contributed by atoms with E-state index in [1.165, 1.54) is 58.1 Å². The minimum Gasteiger partial charge on any atom is -0.456 e. The van der Waals surface area contributed by atoms with Gasteiger partial charge < -0.3 is 4.42 Å². The third kappa shape index (κ3) is 5.49. The van der Waals surface area contributed by atoms with Crippen molar-refractivity contribution < 1.29 is 4.42 Å². The second-order valence-electron chi connectivity index (χ2n) is 15.9. The minimum atomic E-state index is 0.629. The predicted octanol–water partition coefficient (Wildman–Crippen LogP) is 15.9. The summed E-state index contributed by atoms with van der Waals surface area (Å²) in [5.74, 6) is 1.93. The molecule has 3 aromatic heterocycles. The molecule has 0 fully saturated rings. The van der Waals surface area contributed by atoms with Gasteiger partial charge in [-0.25, -0.2) is 15.0 Å². The van der Waals surface area contributed by atoms with Gasteiger partial charge in [0.2, 0.25) is 0 Å². The van der Waals surface area contributed by atoms with Crippen molar-refractivity contribution in [1.29, 1.82) is 0 Å². The van der Waals surface area contributed by atoms with Crippen molar-refractivity contribution in [2.75, 3.05) is 0 Å². The quantitative estimate of drug-likeness (QED) is 0.163. The Bertz CT molecular complexity index is 3890. The molecule has 288 valence electrons. The van der Waals surface area contributed by atoms with Crippen LogP contribution in [-0.4, -0.2) is 15.0 Å². The normalized spacial score (nSPS) is 11.9. The van der Waals surface area contributed by atoms with Crippen LogP contribution in [0, 0.1) is 0 Å². The summed E-state index contributed by atoms with van der Waals surface area (Å²) in [5.41, 5.74) is 9.10. The molecule has 4 nitrogen and oxygen atoms in total. The molecule has 0 aliphatic rings. The van der Waals surface area contributed by atoms with E-state index in [-0.39, 0.29) is 0 Å². The lowest BCUT2D eigenvalue weighted by atomic mass is 9.91. The van der Waals surface area contributed by atoms with E-state index in [1.54, 1.807) is 11.3 Å².